The summed E-state index contributed by atoms with van der Waals surface area (Å²) in [6.07, 6.45) is 1.64. The normalized spacial score (nSPS) is 11.2. The minimum Gasteiger partial charge on any atom is -0.367 e. The highest BCUT2D eigenvalue weighted by molar-refractivity contribution is 6.32. The van der Waals surface area contributed by atoms with E-state index in [1.807, 2.05) is 13.8 Å². The van der Waals surface area contributed by atoms with Crippen molar-refractivity contribution < 1.29 is 13.2 Å². The molecule has 0 amide bonds. The molecule has 26 heavy (non-hydrogen) atoms. The number of hydrogen-bond donors (Lipinski definition) is 1. The molecular weight excluding hydrogens is 367 g/mol. The summed E-state index contributed by atoms with van der Waals surface area (Å²) in [6, 6.07) is 2.80. The Morgan fingerprint density at radius 2 is 1.73 bits per heavy atom. The van der Waals surface area contributed by atoms with Gasteiger partial charge in [0.05, 0.1) is 16.8 Å². The molecule has 0 saturated heterocycles. The second-order valence-electron chi connectivity index (χ2n) is 5.98. The first-order valence-electron chi connectivity index (χ1n) is 7.78. The predicted octanol–water partition coefficient (Wildman–Crippen LogP) is 4.53. The van der Waals surface area contributed by atoms with Crippen LogP contribution in [0.1, 0.15) is 19.5 Å². The summed E-state index contributed by atoms with van der Waals surface area (Å²) in [4.78, 5) is 8.40. The van der Waals surface area contributed by atoms with Gasteiger partial charge in [0.2, 0.25) is 0 Å². The zero-order chi connectivity index (χ0) is 19.0. The third-order valence-corrected chi connectivity index (χ3v) is 3.74. The molecule has 1 N–H and O–H groups in total. The van der Waals surface area contributed by atoms with Gasteiger partial charge in [-0.05, 0) is 26.8 Å². The maximum absolute atomic E-state index is 14.3. The van der Waals surface area contributed by atoms with Crippen molar-refractivity contribution in [1.82, 2.24) is 19.7 Å². The van der Waals surface area contributed by atoms with Crippen LogP contribution in [-0.4, -0.2) is 25.8 Å². The van der Waals surface area contributed by atoms with E-state index in [0.29, 0.717) is 12.1 Å². The molecule has 0 aliphatic rings. The molecule has 2 aromatic heterocycles. The predicted molar refractivity (Wildman–Crippen MR) is 93.0 cm³/mol. The number of rotatable bonds is 4. The number of benzene rings is 1. The maximum Gasteiger partial charge on any atom is 0.253 e. The van der Waals surface area contributed by atoms with Gasteiger partial charge in [-0.1, -0.05) is 11.6 Å². The van der Waals surface area contributed by atoms with Crippen LogP contribution in [0, 0.1) is 24.4 Å². The minimum atomic E-state index is -1.09. The number of anilines is 1. The van der Waals surface area contributed by atoms with Crippen molar-refractivity contribution in [1.29, 1.82) is 0 Å². The summed E-state index contributed by atoms with van der Waals surface area (Å²) in [6.45, 7) is 5.45. The highest BCUT2D eigenvalue weighted by Crippen LogP contribution is 2.37. The van der Waals surface area contributed by atoms with Crippen molar-refractivity contribution in [2.45, 2.75) is 26.8 Å². The monoisotopic (exact) mass is 381 g/mol. The van der Waals surface area contributed by atoms with Gasteiger partial charge in [-0.3, -0.25) is 0 Å². The third kappa shape index (κ3) is 3.50. The molecular formula is C17H15ClF3N5. The molecule has 0 aliphatic carbocycles. The summed E-state index contributed by atoms with van der Waals surface area (Å²) < 4.78 is 43.2. The molecule has 0 unspecified atom stereocenters. The molecule has 0 fully saturated rings. The zero-order valence-corrected chi connectivity index (χ0v) is 14.9. The van der Waals surface area contributed by atoms with E-state index >= 15 is 0 Å². The van der Waals surface area contributed by atoms with Crippen molar-refractivity contribution in [2.75, 3.05) is 5.32 Å². The molecule has 136 valence electrons. The SMILES string of the molecule is Cc1ccn(-c2nc(Cl)c(-c3c(F)cc(F)cc3F)c(NC(C)C)n2)n1. The van der Waals surface area contributed by atoms with Gasteiger partial charge in [0, 0.05) is 24.4 Å². The van der Waals surface area contributed by atoms with Gasteiger partial charge in [0.15, 0.2) is 0 Å². The number of halogens is 4. The van der Waals surface area contributed by atoms with Gasteiger partial charge in [0.1, 0.15) is 28.4 Å². The minimum absolute atomic E-state index is 0.0806. The van der Waals surface area contributed by atoms with Crippen molar-refractivity contribution in [3.8, 4) is 17.1 Å². The highest BCUT2D eigenvalue weighted by Gasteiger charge is 2.23. The molecule has 5 nitrogen and oxygen atoms in total. The van der Waals surface area contributed by atoms with Crippen LogP contribution in [0.3, 0.4) is 0 Å². The van der Waals surface area contributed by atoms with E-state index in [1.165, 1.54) is 4.68 Å². The van der Waals surface area contributed by atoms with E-state index in [2.05, 4.69) is 20.4 Å². The highest BCUT2D eigenvalue weighted by atomic mass is 35.5. The third-order valence-electron chi connectivity index (χ3n) is 3.46. The van der Waals surface area contributed by atoms with Crippen LogP contribution >= 0.6 is 11.6 Å². The van der Waals surface area contributed by atoms with Gasteiger partial charge in [0.25, 0.3) is 5.95 Å². The Morgan fingerprint density at radius 3 is 2.27 bits per heavy atom. The lowest BCUT2D eigenvalue weighted by Crippen LogP contribution is -2.15. The molecule has 3 aromatic rings. The van der Waals surface area contributed by atoms with Crippen LogP contribution in [0.25, 0.3) is 17.1 Å². The molecule has 2 heterocycles. The van der Waals surface area contributed by atoms with E-state index in [1.54, 1.807) is 19.2 Å². The number of hydrogen-bond acceptors (Lipinski definition) is 4. The average Bonchev–Trinajstić information content (AvgIpc) is 2.94. The average molecular weight is 382 g/mol. The topological polar surface area (TPSA) is 55.6 Å². The van der Waals surface area contributed by atoms with E-state index in [0.717, 1.165) is 5.69 Å². The first-order chi connectivity index (χ1) is 12.3. The molecule has 3 rings (SSSR count). The first kappa shape index (κ1) is 18.2. The summed E-state index contributed by atoms with van der Waals surface area (Å²) in [5.41, 5.74) is 0.161. The van der Waals surface area contributed by atoms with Crippen LogP contribution in [-0.2, 0) is 0 Å². The number of aryl methyl sites for hydroxylation is 1. The smallest absolute Gasteiger partial charge is 0.253 e. The van der Waals surface area contributed by atoms with E-state index < -0.39 is 23.0 Å². The fraction of sp³-hybridized carbons (Fsp3) is 0.235. The second kappa shape index (κ2) is 6.95. The van der Waals surface area contributed by atoms with Crippen LogP contribution in [0.4, 0.5) is 19.0 Å². The van der Waals surface area contributed by atoms with Gasteiger partial charge in [-0.25, -0.2) is 17.9 Å². The van der Waals surface area contributed by atoms with Crippen molar-refractivity contribution in [3.63, 3.8) is 0 Å². The van der Waals surface area contributed by atoms with Crippen molar-refractivity contribution in [2.24, 2.45) is 0 Å². The summed E-state index contributed by atoms with van der Waals surface area (Å²) in [5.74, 6) is -2.96. The zero-order valence-electron chi connectivity index (χ0n) is 14.2. The Hall–Kier alpha value is -2.61. The van der Waals surface area contributed by atoms with Crippen molar-refractivity contribution >= 4 is 17.4 Å². The standard InChI is InChI=1S/C17H15ClF3N5/c1-8(2)22-16-14(13-11(20)6-10(19)7-12(13)21)15(18)23-17(24-16)26-5-4-9(3)25-26/h4-8H,1-3H3,(H,22,23,24). The molecule has 0 bridgehead atoms. The molecule has 0 saturated carbocycles. The quantitative estimate of drug-likeness (QED) is 0.675. The Bertz CT molecular complexity index is 948. The largest absolute Gasteiger partial charge is 0.367 e. The first-order valence-corrected chi connectivity index (χ1v) is 8.15. The van der Waals surface area contributed by atoms with Gasteiger partial charge in [-0.15, -0.1) is 0 Å². The van der Waals surface area contributed by atoms with Crippen LogP contribution in [0.2, 0.25) is 5.15 Å². The van der Waals surface area contributed by atoms with E-state index in [4.69, 9.17) is 11.6 Å². The fourth-order valence-electron chi connectivity index (χ4n) is 2.43. The van der Waals surface area contributed by atoms with Crippen LogP contribution in [0.15, 0.2) is 24.4 Å². The Balaban J connectivity index is 2.25. The lowest BCUT2D eigenvalue weighted by Gasteiger charge is -2.17. The lowest BCUT2D eigenvalue weighted by molar-refractivity contribution is 0.548. The number of aromatic nitrogens is 4. The molecule has 0 aliphatic heterocycles. The second-order valence-corrected chi connectivity index (χ2v) is 6.34. The molecule has 9 heteroatoms. The summed E-state index contributed by atoms with van der Waals surface area (Å²) in [5, 5.41) is 7.01. The van der Waals surface area contributed by atoms with Gasteiger partial charge in [-0.2, -0.15) is 15.1 Å². The Kier molecular flexibility index (Phi) is 4.86. The molecule has 0 atom stereocenters. The fourth-order valence-corrected chi connectivity index (χ4v) is 2.69. The van der Waals surface area contributed by atoms with Crippen LogP contribution < -0.4 is 5.32 Å². The van der Waals surface area contributed by atoms with Gasteiger partial charge >= 0.3 is 0 Å². The van der Waals surface area contributed by atoms with Crippen LogP contribution in [0.5, 0.6) is 0 Å². The molecule has 0 radical (unpaired) electrons. The Labute approximate surface area is 152 Å². The summed E-state index contributed by atoms with van der Waals surface area (Å²) >= 11 is 6.23. The molecule has 0 spiro atoms. The van der Waals surface area contributed by atoms with E-state index in [-0.39, 0.29) is 28.5 Å². The number of nitrogens with one attached hydrogen (secondary N) is 1. The number of nitrogens with zero attached hydrogens (tertiary/aromatic N) is 4. The maximum atomic E-state index is 14.3. The van der Waals surface area contributed by atoms with E-state index in [9.17, 15) is 13.2 Å². The molecule has 1 aromatic carbocycles. The van der Waals surface area contributed by atoms with Crippen molar-refractivity contribution in [3.05, 3.63) is 52.7 Å². The Morgan fingerprint density at radius 1 is 1.08 bits per heavy atom. The summed E-state index contributed by atoms with van der Waals surface area (Å²) in [7, 11) is 0. The lowest BCUT2D eigenvalue weighted by atomic mass is 10.1. The van der Waals surface area contributed by atoms with Gasteiger partial charge < -0.3 is 5.32 Å².